The van der Waals surface area contributed by atoms with Crippen LogP contribution in [-0.4, -0.2) is 21.8 Å². The Morgan fingerprint density at radius 2 is 1.40 bits per heavy atom. The largest absolute Gasteiger partial charge is 0.394 e. The molecule has 0 heterocycles. The maximum atomic E-state index is 6.06. The lowest BCUT2D eigenvalue weighted by Gasteiger charge is -2.38. The minimum atomic E-state index is -2.00. The zero-order valence-electron chi connectivity index (χ0n) is 11.3. The summed E-state index contributed by atoms with van der Waals surface area (Å²) in [5.41, 5.74) is 1.11. The monoisotopic (exact) mass is 232 g/mol. The van der Waals surface area contributed by atoms with E-state index in [0.717, 1.165) is 13.2 Å². The minimum Gasteiger partial charge on any atom is -0.394 e. The molecule has 1 unspecified atom stereocenters. The third-order valence-corrected chi connectivity index (χ3v) is 7.70. The van der Waals surface area contributed by atoms with E-state index in [1.165, 1.54) is 12.8 Å². The molecule has 0 aromatic carbocycles. The molecule has 0 aliphatic carbocycles. The molecule has 0 saturated heterocycles. The van der Waals surface area contributed by atoms with E-state index in [4.69, 9.17) is 8.85 Å². The highest BCUT2D eigenvalue weighted by atomic mass is 28.4. The molecule has 0 spiro atoms. The molecule has 0 aliphatic heterocycles. The van der Waals surface area contributed by atoms with Crippen LogP contribution >= 0.6 is 0 Å². The molecule has 0 amide bonds. The summed E-state index contributed by atoms with van der Waals surface area (Å²) in [4.78, 5) is 0. The van der Waals surface area contributed by atoms with Crippen LogP contribution in [0.15, 0.2) is 0 Å². The van der Waals surface area contributed by atoms with Crippen molar-refractivity contribution in [3.8, 4) is 0 Å². The van der Waals surface area contributed by atoms with E-state index >= 15 is 0 Å². The molecule has 1 atom stereocenters. The summed E-state index contributed by atoms with van der Waals surface area (Å²) in [5, 5.41) is 0. The summed E-state index contributed by atoms with van der Waals surface area (Å²) in [6.45, 7) is 14.7. The number of hydrogen-bond acceptors (Lipinski definition) is 2. The fraction of sp³-hybridized carbons (Fsp3) is 1.00. The van der Waals surface area contributed by atoms with Gasteiger partial charge in [0.05, 0.1) is 0 Å². The molecular weight excluding hydrogens is 204 g/mol. The Morgan fingerprint density at radius 1 is 0.933 bits per heavy atom. The van der Waals surface area contributed by atoms with Gasteiger partial charge in [-0.1, -0.05) is 34.1 Å². The average molecular weight is 232 g/mol. The second kappa shape index (κ2) is 7.42. The van der Waals surface area contributed by atoms with Gasteiger partial charge in [-0.2, -0.15) is 0 Å². The smallest absolute Gasteiger partial charge is 0.343 e. The van der Waals surface area contributed by atoms with Crippen molar-refractivity contribution in [2.24, 2.45) is 0 Å². The third kappa shape index (κ3) is 3.89. The molecule has 0 aliphatic rings. The Bertz CT molecular complexity index is 154. The Balaban J connectivity index is 4.74. The van der Waals surface area contributed by atoms with E-state index in [2.05, 4.69) is 41.5 Å². The van der Waals surface area contributed by atoms with Crippen LogP contribution in [0.4, 0.5) is 0 Å². The summed E-state index contributed by atoms with van der Waals surface area (Å²) in [6.07, 6.45) is 2.42. The second-order valence-electron chi connectivity index (χ2n) is 4.43. The highest BCUT2D eigenvalue weighted by molar-refractivity contribution is 6.70. The normalized spacial score (nSPS) is 14.6. The van der Waals surface area contributed by atoms with Crippen molar-refractivity contribution >= 4 is 8.56 Å². The van der Waals surface area contributed by atoms with Gasteiger partial charge >= 0.3 is 8.56 Å². The van der Waals surface area contributed by atoms with Gasteiger partial charge in [-0.05, 0) is 25.8 Å². The maximum Gasteiger partial charge on any atom is 0.343 e. The molecule has 0 N–H and O–H groups in total. The van der Waals surface area contributed by atoms with E-state index in [-0.39, 0.29) is 0 Å². The maximum absolute atomic E-state index is 6.06. The highest BCUT2D eigenvalue weighted by Gasteiger charge is 2.45. The summed E-state index contributed by atoms with van der Waals surface area (Å²) in [5.74, 6) is 0. The van der Waals surface area contributed by atoms with Gasteiger partial charge in [0.1, 0.15) is 0 Å². The van der Waals surface area contributed by atoms with Gasteiger partial charge in [0.2, 0.25) is 0 Å². The molecule has 0 aromatic rings. The Labute approximate surface area is 96.6 Å². The van der Waals surface area contributed by atoms with Crippen molar-refractivity contribution in [2.45, 2.75) is 65.5 Å². The van der Waals surface area contributed by atoms with Crippen molar-refractivity contribution in [2.75, 3.05) is 13.2 Å². The topological polar surface area (TPSA) is 18.5 Å². The predicted molar refractivity (Wildman–Crippen MR) is 68.4 cm³/mol. The second-order valence-corrected chi connectivity index (χ2v) is 8.59. The molecular formula is C12H28O2Si. The van der Waals surface area contributed by atoms with Crippen LogP contribution < -0.4 is 0 Å². The predicted octanol–water partition coefficient (Wildman–Crippen LogP) is 4.10. The van der Waals surface area contributed by atoms with Gasteiger partial charge in [0, 0.05) is 18.8 Å². The van der Waals surface area contributed by atoms with E-state index in [0.29, 0.717) is 11.1 Å². The van der Waals surface area contributed by atoms with E-state index in [1.807, 2.05) is 0 Å². The molecule has 0 fully saturated rings. The summed E-state index contributed by atoms with van der Waals surface area (Å²) >= 11 is 0. The first-order valence-electron chi connectivity index (χ1n) is 6.32. The summed E-state index contributed by atoms with van der Waals surface area (Å²) in [6, 6.07) is 0. The molecule has 0 radical (unpaired) electrons. The number of hydrogen-bond donors (Lipinski definition) is 0. The van der Waals surface area contributed by atoms with Crippen molar-refractivity contribution in [3.05, 3.63) is 0 Å². The molecule has 0 bridgehead atoms. The van der Waals surface area contributed by atoms with E-state index in [9.17, 15) is 0 Å². The number of rotatable bonds is 8. The van der Waals surface area contributed by atoms with Crippen LogP contribution in [-0.2, 0) is 8.85 Å². The van der Waals surface area contributed by atoms with Gasteiger partial charge in [0.25, 0.3) is 0 Å². The fourth-order valence-corrected chi connectivity index (χ4v) is 6.36. The Kier molecular flexibility index (Phi) is 7.48. The minimum absolute atomic E-state index is 0.527. The third-order valence-electron chi connectivity index (χ3n) is 2.95. The van der Waals surface area contributed by atoms with Crippen LogP contribution in [0.3, 0.4) is 0 Å². The summed E-state index contributed by atoms with van der Waals surface area (Å²) in [7, 11) is -2.00. The van der Waals surface area contributed by atoms with E-state index in [1.54, 1.807) is 0 Å². The van der Waals surface area contributed by atoms with Crippen molar-refractivity contribution in [1.82, 2.24) is 0 Å². The molecule has 15 heavy (non-hydrogen) atoms. The fourth-order valence-electron chi connectivity index (χ4n) is 2.31. The molecule has 0 aromatic heterocycles. The first kappa shape index (κ1) is 15.1. The van der Waals surface area contributed by atoms with E-state index < -0.39 is 8.56 Å². The van der Waals surface area contributed by atoms with Gasteiger partial charge in [-0.25, -0.2) is 0 Å². The zero-order chi connectivity index (χ0) is 11.9. The van der Waals surface area contributed by atoms with Crippen LogP contribution in [0.5, 0.6) is 0 Å². The highest BCUT2D eigenvalue weighted by Crippen LogP contribution is 2.37. The SMILES string of the molecule is CCCC(C)[Si](OCC)(OCC)C(C)C. The van der Waals surface area contributed by atoms with Crippen molar-refractivity contribution < 1.29 is 8.85 Å². The molecule has 0 rings (SSSR count). The Hall–Kier alpha value is 0.137. The molecule has 2 nitrogen and oxygen atoms in total. The van der Waals surface area contributed by atoms with Crippen LogP contribution in [0, 0.1) is 0 Å². The quantitative estimate of drug-likeness (QED) is 0.587. The molecule has 0 saturated carbocycles. The molecule has 92 valence electrons. The van der Waals surface area contributed by atoms with Gasteiger partial charge < -0.3 is 8.85 Å². The first-order valence-corrected chi connectivity index (χ1v) is 8.30. The lowest BCUT2D eigenvalue weighted by atomic mass is 10.3. The first-order chi connectivity index (χ1) is 7.05. The summed E-state index contributed by atoms with van der Waals surface area (Å²) < 4.78 is 12.1. The van der Waals surface area contributed by atoms with Gasteiger partial charge in [0.15, 0.2) is 0 Å². The molecule has 3 heteroatoms. The van der Waals surface area contributed by atoms with Crippen molar-refractivity contribution in [1.29, 1.82) is 0 Å². The lowest BCUT2D eigenvalue weighted by Crippen LogP contribution is -2.49. The average Bonchev–Trinajstić information content (AvgIpc) is 2.17. The van der Waals surface area contributed by atoms with Crippen LogP contribution in [0.2, 0.25) is 11.1 Å². The lowest BCUT2D eigenvalue weighted by molar-refractivity contribution is 0.164. The van der Waals surface area contributed by atoms with Crippen LogP contribution in [0.25, 0.3) is 0 Å². The standard InChI is InChI=1S/C12H28O2Si/c1-7-10-12(6)15(11(4)5,13-8-2)14-9-3/h11-12H,7-10H2,1-6H3. The van der Waals surface area contributed by atoms with Crippen LogP contribution in [0.1, 0.15) is 54.4 Å². The van der Waals surface area contributed by atoms with Crippen molar-refractivity contribution in [3.63, 3.8) is 0 Å². The van der Waals surface area contributed by atoms with Gasteiger partial charge in [-0.3, -0.25) is 0 Å². The van der Waals surface area contributed by atoms with Gasteiger partial charge in [-0.15, -0.1) is 0 Å². The zero-order valence-corrected chi connectivity index (χ0v) is 12.3. The Morgan fingerprint density at radius 3 is 1.67 bits per heavy atom.